The third kappa shape index (κ3) is 5.16. The van der Waals surface area contributed by atoms with Crippen LogP contribution < -0.4 is 4.74 Å². The molecule has 0 unspecified atom stereocenters. The van der Waals surface area contributed by atoms with Gasteiger partial charge in [0.2, 0.25) is 0 Å². The van der Waals surface area contributed by atoms with E-state index in [1.54, 1.807) is 0 Å². The maximum Gasteiger partial charge on any atom is 0.416 e. The Hall–Kier alpha value is -2.74. The summed E-state index contributed by atoms with van der Waals surface area (Å²) in [5, 5.41) is 9.28. The third-order valence-corrected chi connectivity index (χ3v) is 4.73. The van der Waals surface area contributed by atoms with Crippen molar-refractivity contribution in [3.63, 3.8) is 0 Å². The number of ether oxygens (including phenoxy) is 1. The molecule has 0 aromatic heterocycles. The van der Waals surface area contributed by atoms with E-state index >= 15 is 0 Å². The van der Waals surface area contributed by atoms with Gasteiger partial charge in [-0.05, 0) is 29.8 Å². The Bertz CT molecular complexity index is 782. The van der Waals surface area contributed by atoms with Gasteiger partial charge in [0, 0.05) is 26.2 Å². The van der Waals surface area contributed by atoms with Crippen LogP contribution in [0.3, 0.4) is 0 Å². The fourth-order valence-corrected chi connectivity index (χ4v) is 3.18. The SMILES string of the molecule is O=C(O)N1CCN(Cc2ccccc2)[C@H](COc2ccc(C(F)(F)F)cc2)C1. The van der Waals surface area contributed by atoms with E-state index in [4.69, 9.17) is 4.74 Å². The first kappa shape index (κ1) is 20.0. The van der Waals surface area contributed by atoms with E-state index < -0.39 is 17.8 Å². The lowest BCUT2D eigenvalue weighted by Crippen LogP contribution is -2.56. The predicted octanol–water partition coefficient (Wildman–Crippen LogP) is 3.95. The van der Waals surface area contributed by atoms with Gasteiger partial charge in [0.05, 0.1) is 11.6 Å². The van der Waals surface area contributed by atoms with E-state index in [1.165, 1.54) is 17.0 Å². The molecule has 1 atom stereocenters. The zero-order valence-electron chi connectivity index (χ0n) is 15.1. The molecule has 1 amide bonds. The second-order valence-electron chi connectivity index (χ2n) is 6.67. The van der Waals surface area contributed by atoms with Gasteiger partial charge in [0.25, 0.3) is 0 Å². The fraction of sp³-hybridized carbons (Fsp3) is 0.350. The molecule has 0 saturated carbocycles. The van der Waals surface area contributed by atoms with Gasteiger partial charge in [-0.25, -0.2) is 4.79 Å². The summed E-state index contributed by atoms with van der Waals surface area (Å²) in [4.78, 5) is 14.8. The molecule has 0 aliphatic carbocycles. The quantitative estimate of drug-likeness (QED) is 0.835. The number of halogens is 3. The van der Waals surface area contributed by atoms with Crippen LogP contribution in [0.1, 0.15) is 11.1 Å². The van der Waals surface area contributed by atoms with Gasteiger partial charge in [-0.3, -0.25) is 4.90 Å². The minimum absolute atomic E-state index is 0.183. The molecule has 0 bridgehead atoms. The smallest absolute Gasteiger partial charge is 0.416 e. The number of benzene rings is 2. The molecular weight excluding hydrogens is 373 g/mol. The molecule has 1 heterocycles. The number of carboxylic acid groups (broad SMARTS) is 1. The Labute approximate surface area is 160 Å². The van der Waals surface area contributed by atoms with Crippen molar-refractivity contribution in [2.24, 2.45) is 0 Å². The molecule has 150 valence electrons. The number of amides is 1. The lowest BCUT2D eigenvalue weighted by Gasteiger charge is -2.40. The number of alkyl halides is 3. The largest absolute Gasteiger partial charge is 0.492 e. The number of piperazine rings is 1. The number of rotatable bonds is 5. The third-order valence-electron chi connectivity index (χ3n) is 4.73. The van der Waals surface area contributed by atoms with E-state index in [-0.39, 0.29) is 19.2 Å². The molecule has 1 saturated heterocycles. The maximum absolute atomic E-state index is 12.7. The highest BCUT2D eigenvalue weighted by molar-refractivity contribution is 5.65. The van der Waals surface area contributed by atoms with Crippen LogP contribution in [0.2, 0.25) is 0 Å². The van der Waals surface area contributed by atoms with Gasteiger partial charge in [-0.1, -0.05) is 30.3 Å². The van der Waals surface area contributed by atoms with Gasteiger partial charge in [0.15, 0.2) is 0 Å². The second-order valence-corrected chi connectivity index (χ2v) is 6.67. The molecule has 1 N–H and O–H groups in total. The van der Waals surface area contributed by atoms with Gasteiger partial charge in [-0.15, -0.1) is 0 Å². The summed E-state index contributed by atoms with van der Waals surface area (Å²) in [5.74, 6) is 0.320. The summed E-state index contributed by atoms with van der Waals surface area (Å²) in [6, 6.07) is 14.1. The summed E-state index contributed by atoms with van der Waals surface area (Å²) >= 11 is 0. The number of hydrogen-bond donors (Lipinski definition) is 1. The van der Waals surface area contributed by atoms with Crippen LogP contribution >= 0.6 is 0 Å². The standard InChI is InChI=1S/C20H21F3N2O3/c21-20(22,23)16-6-8-18(9-7-16)28-14-17-13-25(19(26)27)11-10-24(17)12-15-4-2-1-3-5-15/h1-9,17H,10-14H2,(H,26,27)/t17-/m0/s1. The van der Waals surface area contributed by atoms with Crippen molar-refractivity contribution >= 4 is 6.09 Å². The van der Waals surface area contributed by atoms with Crippen LogP contribution in [0.25, 0.3) is 0 Å². The van der Waals surface area contributed by atoms with Crippen molar-refractivity contribution in [1.29, 1.82) is 0 Å². The zero-order valence-corrected chi connectivity index (χ0v) is 15.1. The molecule has 1 aliphatic rings. The molecule has 3 rings (SSSR count). The van der Waals surface area contributed by atoms with Gasteiger partial charge in [-0.2, -0.15) is 13.2 Å². The summed E-state index contributed by atoms with van der Waals surface area (Å²) in [6.07, 6.45) is -5.38. The Morgan fingerprint density at radius 1 is 1.07 bits per heavy atom. The van der Waals surface area contributed by atoms with Crippen LogP contribution in [0.4, 0.5) is 18.0 Å². The van der Waals surface area contributed by atoms with Crippen molar-refractivity contribution < 1.29 is 27.8 Å². The first-order chi connectivity index (χ1) is 13.3. The van der Waals surface area contributed by atoms with E-state index in [1.807, 2.05) is 30.3 Å². The van der Waals surface area contributed by atoms with Gasteiger partial charge < -0.3 is 14.7 Å². The Morgan fingerprint density at radius 2 is 1.75 bits per heavy atom. The van der Waals surface area contributed by atoms with Crippen molar-refractivity contribution in [2.75, 3.05) is 26.2 Å². The van der Waals surface area contributed by atoms with Crippen LogP contribution in [0, 0.1) is 0 Å². The van der Waals surface area contributed by atoms with E-state index in [2.05, 4.69) is 4.90 Å². The Kier molecular flexibility index (Phi) is 6.08. The fourth-order valence-electron chi connectivity index (χ4n) is 3.18. The van der Waals surface area contributed by atoms with Crippen molar-refractivity contribution in [1.82, 2.24) is 9.80 Å². The highest BCUT2D eigenvalue weighted by atomic mass is 19.4. The van der Waals surface area contributed by atoms with Crippen LogP contribution in [-0.4, -0.2) is 53.3 Å². The average Bonchev–Trinajstić information content (AvgIpc) is 2.67. The molecule has 8 heteroatoms. The van der Waals surface area contributed by atoms with Crippen molar-refractivity contribution in [3.05, 3.63) is 65.7 Å². The molecule has 0 radical (unpaired) electrons. The van der Waals surface area contributed by atoms with E-state index in [0.717, 1.165) is 17.7 Å². The zero-order chi connectivity index (χ0) is 20.1. The van der Waals surface area contributed by atoms with Gasteiger partial charge in [0.1, 0.15) is 12.4 Å². The first-order valence-corrected chi connectivity index (χ1v) is 8.89. The first-order valence-electron chi connectivity index (χ1n) is 8.89. The minimum Gasteiger partial charge on any atom is -0.492 e. The number of hydrogen-bond acceptors (Lipinski definition) is 3. The molecule has 5 nitrogen and oxygen atoms in total. The maximum atomic E-state index is 12.7. The monoisotopic (exact) mass is 394 g/mol. The Morgan fingerprint density at radius 3 is 2.36 bits per heavy atom. The normalized spacial score (nSPS) is 18.1. The summed E-state index contributed by atoms with van der Waals surface area (Å²) < 4.78 is 43.7. The minimum atomic E-state index is -4.39. The lowest BCUT2D eigenvalue weighted by molar-refractivity contribution is -0.137. The second kappa shape index (κ2) is 8.52. The average molecular weight is 394 g/mol. The topological polar surface area (TPSA) is 53.0 Å². The summed E-state index contributed by atoms with van der Waals surface area (Å²) in [6.45, 7) is 2.07. The van der Waals surface area contributed by atoms with E-state index in [9.17, 15) is 23.1 Å². The summed E-state index contributed by atoms with van der Waals surface area (Å²) in [5.41, 5.74) is 0.367. The number of nitrogens with zero attached hydrogens (tertiary/aromatic N) is 2. The molecule has 1 aliphatic heterocycles. The molecule has 28 heavy (non-hydrogen) atoms. The summed E-state index contributed by atoms with van der Waals surface area (Å²) in [7, 11) is 0. The molecule has 1 fully saturated rings. The van der Waals surface area contributed by atoms with E-state index in [0.29, 0.717) is 25.4 Å². The molecule has 0 spiro atoms. The molecular formula is C20H21F3N2O3. The van der Waals surface area contributed by atoms with Gasteiger partial charge >= 0.3 is 12.3 Å². The number of carbonyl (C=O) groups is 1. The highest BCUT2D eigenvalue weighted by Crippen LogP contribution is 2.30. The van der Waals surface area contributed by atoms with Crippen molar-refractivity contribution in [3.8, 4) is 5.75 Å². The predicted molar refractivity (Wildman–Crippen MR) is 97.2 cm³/mol. The van der Waals surface area contributed by atoms with Crippen LogP contribution in [-0.2, 0) is 12.7 Å². The van der Waals surface area contributed by atoms with Crippen LogP contribution in [0.15, 0.2) is 54.6 Å². The lowest BCUT2D eigenvalue weighted by atomic mass is 10.1. The molecule has 2 aromatic carbocycles. The highest BCUT2D eigenvalue weighted by Gasteiger charge is 2.31. The van der Waals surface area contributed by atoms with Crippen LogP contribution in [0.5, 0.6) is 5.75 Å². The Balaban J connectivity index is 1.66. The van der Waals surface area contributed by atoms with Crippen molar-refractivity contribution in [2.45, 2.75) is 18.8 Å². The molecule has 2 aromatic rings.